The van der Waals surface area contributed by atoms with Gasteiger partial charge in [-0.25, -0.2) is 16.8 Å². The van der Waals surface area contributed by atoms with Crippen LogP contribution >= 0.6 is 0 Å². The van der Waals surface area contributed by atoms with Crippen molar-refractivity contribution < 1.29 is 52.8 Å². The van der Waals surface area contributed by atoms with Gasteiger partial charge in [0.25, 0.3) is 19.7 Å². The summed E-state index contributed by atoms with van der Waals surface area (Å²) in [6.45, 7) is 10.1. The molecule has 2 aromatic carbocycles. The molecule has 0 fully saturated rings. The number of hydrogen-bond acceptors (Lipinski definition) is 7. The number of fused-ring (bicyclic) bond motifs is 2. The molecular formula is C22H21F6NO6S2. The van der Waals surface area contributed by atoms with Crippen molar-refractivity contribution in [2.24, 2.45) is 0 Å². The van der Waals surface area contributed by atoms with Gasteiger partial charge in [-0.1, -0.05) is 45.0 Å². The molecule has 0 aliphatic heterocycles. The first kappa shape index (κ1) is 30.4. The first-order chi connectivity index (χ1) is 16.9. The fourth-order valence-corrected chi connectivity index (χ4v) is 6.06. The molecule has 2 aromatic rings. The van der Waals surface area contributed by atoms with Crippen LogP contribution in [0.5, 0.6) is 0 Å². The van der Waals surface area contributed by atoms with Gasteiger partial charge in [0.05, 0.1) is 10.5 Å². The molecule has 0 aromatic heterocycles. The largest absolute Gasteiger partial charge is 0.501 e. The average molecular weight is 574 g/mol. The van der Waals surface area contributed by atoms with E-state index in [-0.39, 0.29) is 11.6 Å². The van der Waals surface area contributed by atoms with Crippen molar-refractivity contribution in [3.05, 3.63) is 58.7 Å². The zero-order chi connectivity index (χ0) is 28.6. The Kier molecular flexibility index (Phi) is 8.67. The number of alkyl halides is 6. The van der Waals surface area contributed by atoms with E-state index in [2.05, 4.69) is 25.7 Å². The van der Waals surface area contributed by atoms with Crippen molar-refractivity contribution in [1.82, 2.24) is 4.90 Å². The molecule has 0 bridgehead atoms. The van der Waals surface area contributed by atoms with E-state index in [1.807, 2.05) is 0 Å². The predicted molar refractivity (Wildman–Crippen MR) is 120 cm³/mol. The Morgan fingerprint density at radius 1 is 0.649 bits per heavy atom. The molecule has 0 saturated heterocycles. The van der Waals surface area contributed by atoms with Crippen molar-refractivity contribution in [1.29, 1.82) is 0 Å². The molecule has 0 heterocycles. The third kappa shape index (κ3) is 5.43. The van der Waals surface area contributed by atoms with Crippen molar-refractivity contribution in [2.45, 2.75) is 41.6 Å². The summed E-state index contributed by atoms with van der Waals surface area (Å²) in [5.74, 6) is -2.70. The number of rotatable bonds is 5. The Morgan fingerprint density at radius 2 is 1.08 bits per heavy atom. The first-order valence-corrected chi connectivity index (χ1v) is 13.5. The molecule has 0 radical (unpaired) electrons. The van der Waals surface area contributed by atoms with Crippen molar-refractivity contribution >= 4 is 31.2 Å². The number of hydrogen-bond donors (Lipinski definition) is 0. The second-order valence-corrected chi connectivity index (χ2v) is 11.3. The van der Waals surface area contributed by atoms with E-state index in [9.17, 15) is 52.8 Å². The highest BCUT2D eigenvalue weighted by Crippen LogP contribution is 2.43. The molecule has 0 spiro atoms. The summed E-state index contributed by atoms with van der Waals surface area (Å²) in [5, 5.41) is 0. The van der Waals surface area contributed by atoms with Crippen LogP contribution in [0, 0.1) is 0 Å². The van der Waals surface area contributed by atoms with Crippen LogP contribution in [0.15, 0.2) is 46.2 Å². The molecule has 37 heavy (non-hydrogen) atoms. The zero-order valence-corrected chi connectivity index (χ0v) is 21.2. The van der Waals surface area contributed by atoms with Gasteiger partial charge in [-0.15, -0.1) is 0 Å². The van der Waals surface area contributed by atoms with Crippen LogP contribution in [0.25, 0.3) is 0 Å². The summed E-state index contributed by atoms with van der Waals surface area (Å²) >= 11 is 0. The monoisotopic (exact) mass is 573 g/mol. The maximum Gasteiger partial charge on any atom is 0.501 e. The van der Waals surface area contributed by atoms with Crippen LogP contribution in [-0.2, 0) is 19.7 Å². The topological polar surface area (TPSA) is 106 Å². The minimum absolute atomic E-state index is 0.0839. The third-order valence-electron chi connectivity index (χ3n) is 5.52. The molecule has 3 rings (SSSR count). The summed E-state index contributed by atoms with van der Waals surface area (Å²) in [4.78, 5) is 22.9. The van der Waals surface area contributed by atoms with E-state index in [4.69, 9.17) is 0 Å². The molecule has 0 amide bonds. The lowest BCUT2D eigenvalue weighted by Crippen LogP contribution is -2.33. The van der Waals surface area contributed by atoms with Crippen LogP contribution in [0.4, 0.5) is 26.3 Å². The van der Waals surface area contributed by atoms with Crippen LogP contribution in [0.1, 0.15) is 52.6 Å². The molecule has 0 saturated carbocycles. The zero-order valence-electron chi connectivity index (χ0n) is 19.6. The number of carbonyl (C=O) groups is 2. The molecule has 0 N–H and O–H groups in total. The average Bonchev–Trinajstić information content (AvgIpc) is 2.81. The standard InChI is InChI=1S/C16H6F6O6S2.C6H15N/c17-15(18,19)29(25,26)10-6-5-9-11(14(10)30(27,28)16(20,21)22)13(24)8-4-2-1-3-7(8)12(9)23;1-4-7(5-2)6-3/h1-6H;4-6H2,1-3H3. The minimum atomic E-state index is -6.80. The third-order valence-corrected chi connectivity index (χ3v) is 8.75. The SMILES string of the molecule is CCN(CC)CC.O=C1c2ccccc2C(=O)c2c1ccc(S(=O)(=O)C(F)(F)F)c2S(=O)(=O)C(F)(F)F. The maximum absolute atomic E-state index is 13.2. The van der Waals surface area contributed by atoms with Gasteiger partial charge in [0.1, 0.15) is 4.90 Å². The molecule has 0 atom stereocenters. The predicted octanol–water partition coefficient (Wildman–Crippen LogP) is 4.40. The van der Waals surface area contributed by atoms with Gasteiger partial charge in [-0.3, -0.25) is 9.59 Å². The lowest BCUT2D eigenvalue weighted by Gasteiger charge is -2.23. The van der Waals surface area contributed by atoms with Gasteiger partial charge in [-0.2, -0.15) is 26.3 Å². The van der Waals surface area contributed by atoms with Crippen LogP contribution in [-0.4, -0.2) is 64.0 Å². The number of carbonyl (C=O) groups excluding carboxylic acids is 2. The Bertz CT molecular complexity index is 1420. The summed E-state index contributed by atoms with van der Waals surface area (Å²) in [6, 6.07) is 4.78. The number of nitrogens with zero attached hydrogens (tertiary/aromatic N) is 1. The molecular weight excluding hydrogens is 552 g/mol. The summed E-state index contributed by atoms with van der Waals surface area (Å²) in [7, 11) is -13.4. The Hall–Kier alpha value is -2.78. The van der Waals surface area contributed by atoms with Gasteiger partial charge in [-0.05, 0) is 31.8 Å². The highest BCUT2D eigenvalue weighted by atomic mass is 32.2. The number of ketones is 2. The minimum Gasteiger partial charge on any atom is -0.304 e. The quantitative estimate of drug-likeness (QED) is 0.417. The second kappa shape index (κ2) is 10.5. The van der Waals surface area contributed by atoms with Crippen molar-refractivity contribution in [3.8, 4) is 0 Å². The van der Waals surface area contributed by atoms with E-state index >= 15 is 0 Å². The maximum atomic E-state index is 13.2. The van der Waals surface area contributed by atoms with Gasteiger partial charge in [0.2, 0.25) is 0 Å². The number of sulfone groups is 2. The lowest BCUT2D eigenvalue weighted by molar-refractivity contribution is -0.0456. The van der Waals surface area contributed by atoms with E-state index in [1.54, 1.807) is 0 Å². The number of benzene rings is 2. The van der Waals surface area contributed by atoms with E-state index in [0.717, 1.165) is 12.1 Å². The Balaban J connectivity index is 0.000000604. The normalized spacial score (nSPS) is 14.1. The van der Waals surface area contributed by atoms with Crippen LogP contribution < -0.4 is 0 Å². The molecule has 1 aliphatic rings. The molecule has 15 heteroatoms. The summed E-state index contributed by atoms with van der Waals surface area (Å²) in [6.07, 6.45) is 0. The van der Waals surface area contributed by atoms with Gasteiger partial charge >= 0.3 is 11.0 Å². The van der Waals surface area contributed by atoms with Gasteiger partial charge in [0.15, 0.2) is 11.6 Å². The lowest BCUT2D eigenvalue weighted by atomic mass is 9.84. The smallest absolute Gasteiger partial charge is 0.304 e. The fraction of sp³-hybridized carbons (Fsp3) is 0.364. The summed E-state index contributed by atoms with van der Waals surface area (Å²) in [5.41, 5.74) is -15.9. The number of halogens is 6. The fourth-order valence-electron chi connectivity index (χ4n) is 3.53. The van der Waals surface area contributed by atoms with E-state index in [1.165, 1.54) is 31.8 Å². The highest BCUT2D eigenvalue weighted by Gasteiger charge is 2.56. The van der Waals surface area contributed by atoms with Gasteiger partial charge < -0.3 is 4.90 Å². The molecule has 0 unspecified atom stereocenters. The first-order valence-electron chi connectivity index (χ1n) is 10.6. The van der Waals surface area contributed by atoms with Crippen molar-refractivity contribution in [2.75, 3.05) is 19.6 Å². The highest BCUT2D eigenvalue weighted by molar-refractivity contribution is 7.95. The molecule has 7 nitrogen and oxygen atoms in total. The van der Waals surface area contributed by atoms with Gasteiger partial charge in [0, 0.05) is 16.7 Å². The Labute approximate surface area is 208 Å². The van der Waals surface area contributed by atoms with Crippen molar-refractivity contribution in [3.63, 3.8) is 0 Å². The molecule has 1 aliphatic carbocycles. The van der Waals surface area contributed by atoms with Crippen LogP contribution in [0.3, 0.4) is 0 Å². The second-order valence-electron chi connectivity index (χ2n) is 7.54. The summed E-state index contributed by atoms with van der Waals surface area (Å²) < 4.78 is 126. The van der Waals surface area contributed by atoms with E-state index in [0.29, 0.717) is 6.07 Å². The van der Waals surface area contributed by atoms with Crippen LogP contribution in [0.2, 0.25) is 0 Å². The van der Waals surface area contributed by atoms with E-state index < -0.39 is 68.7 Å². The molecule has 204 valence electrons. The Morgan fingerprint density at radius 3 is 1.46 bits per heavy atom.